The van der Waals surface area contributed by atoms with Crippen molar-refractivity contribution in [3.63, 3.8) is 0 Å². The molecule has 7 nitrogen and oxygen atoms in total. The van der Waals surface area contributed by atoms with E-state index >= 15 is 0 Å². The molecule has 0 aliphatic rings. The Morgan fingerprint density at radius 3 is 2.15 bits per heavy atom. The SMILES string of the molecule is CN=C(N)SCCN.O=S(=O)(O)O. The quantitative estimate of drug-likeness (QED) is 0.270. The lowest BCUT2D eigenvalue weighted by molar-refractivity contribution is 0.381. The predicted molar refractivity (Wildman–Crippen MR) is 53.2 cm³/mol. The lowest BCUT2D eigenvalue weighted by Gasteiger charge is -1.93. The molecule has 0 unspecified atom stereocenters. The average molecular weight is 231 g/mol. The van der Waals surface area contributed by atoms with Gasteiger partial charge in [0.1, 0.15) is 0 Å². The van der Waals surface area contributed by atoms with Gasteiger partial charge in [-0.25, -0.2) is 0 Å². The topological polar surface area (TPSA) is 139 Å². The van der Waals surface area contributed by atoms with Crippen molar-refractivity contribution in [2.24, 2.45) is 16.5 Å². The molecule has 80 valence electrons. The Hall–Kier alpha value is -0.350. The molecule has 0 aromatic heterocycles. The van der Waals surface area contributed by atoms with Crippen LogP contribution in [0.4, 0.5) is 0 Å². The Bertz CT molecular complexity index is 230. The van der Waals surface area contributed by atoms with Crippen molar-refractivity contribution in [3.8, 4) is 0 Å². The van der Waals surface area contributed by atoms with Crippen LogP contribution in [0, 0.1) is 0 Å². The number of aliphatic imine (C=N–C) groups is 1. The van der Waals surface area contributed by atoms with Crippen LogP contribution in [-0.4, -0.2) is 42.0 Å². The Balaban J connectivity index is 0. The van der Waals surface area contributed by atoms with E-state index in [1.165, 1.54) is 11.8 Å². The molecular weight excluding hydrogens is 218 g/mol. The summed E-state index contributed by atoms with van der Waals surface area (Å²) in [5, 5.41) is 0.607. The van der Waals surface area contributed by atoms with E-state index < -0.39 is 10.4 Å². The smallest absolute Gasteiger partial charge is 0.379 e. The van der Waals surface area contributed by atoms with Gasteiger partial charge in [-0.2, -0.15) is 8.42 Å². The highest BCUT2D eigenvalue weighted by atomic mass is 32.3. The van der Waals surface area contributed by atoms with Gasteiger partial charge in [-0.1, -0.05) is 11.8 Å². The molecule has 0 aliphatic carbocycles. The first-order valence-electron chi connectivity index (χ1n) is 3.06. The van der Waals surface area contributed by atoms with Crippen LogP contribution >= 0.6 is 11.8 Å². The summed E-state index contributed by atoms with van der Waals surface area (Å²) < 4.78 is 31.6. The van der Waals surface area contributed by atoms with E-state index in [1.54, 1.807) is 7.05 Å². The van der Waals surface area contributed by atoms with Gasteiger partial charge in [0.25, 0.3) is 0 Å². The number of hydrogen-bond donors (Lipinski definition) is 4. The van der Waals surface area contributed by atoms with Crippen molar-refractivity contribution in [1.82, 2.24) is 0 Å². The molecule has 0 spiro atoms. The van der Waals surface area contributed by atoms with Gasteiger partial charge >= 0.3 is 10.4 Å². The molecule has 0 saturated heterocycles. The minimum atomic E-state index is -4.67. The van der Waals surface area contributed by atoms with Gasteiger partial charge in [-0.3, -0.25) is 14.1 Å². The molecule has 0 atom stereocenters. The van der Waals surface area contributed by atoms with Crippen molar-refractivity contribution in [3.05, 3.63) is 0 Å². The molecule has 0 aromatic rings. The first-order chi connectivity index (χ1) is 5.81. The minimum Gasteiger partial charge on any atom is -0.379 e. The molecule has 0 rings (SSSR count). The second-order valence-electron chi connectivity index (χ2n) is 1.65. The van der Waals surface area contributed by atoms with Crippen LogP contribution < -0.4 is 11.5 Å². The zero-order valence-corrected chi connectivity index (χ0v) is 8.68. The van der Waals surface area contributed by atoms with Gasteiger partial charge in [0.05, 0.1) is 0 Å². The Labute approximate surface area is 81.2 Å². The lowest BCUT2D eigenvalue weighted by Crippen LogP contribution is -2.10. The third-order valence-electron chi connectivity index (χ3n) is 0.588. The maximum atomic E-state index is 8.74. The summed E-state index contributed by atoms with van der Waals surface area (Å²) in [4.78, 5) is 3.73. The molecule has 13 heavy (non-hydrogen) atoms. The molecule has 0 saturated carbocycles. The second kappa shape index (κ2) is 8.26. The molecule has 6 N–H and O–H groups in total. The standard InChI is InChI=1S/C4H11N3S.H2O4S/c1-7-4(6)8-3-2-5;1-5(2,3)4/h2-3,5H2,1H3,(H2,6,7);(H2,1,2,3,4). The number of hydrogen-bond acceptors (Lipinski definition) is 5. The van der Waals surface area contributed by atoms with E-state index in [0.29, 0.717) is 11.7 Å². The van der Waals surface area contributed by atoms with Crippen LogP contribution in [0.2, 0.25) is 0 Å². The molecule has 0 radical (unpaired) electrons. The summed E-state index contributed by atoms with van der Waals surface area (Å²) in [5.74, 6) is 0.850. The van der Waals surface area contributed by atoms with E-state index in [0.717, 1.165) is 5.75 Å². The molecule has 9 heteroatoms. The third kappa shape index (κ3) is 34.0. The summed E-state index contributed by atoms with van der Waals surface area (Å²) in [6.45, 7) is 0.654. The van der Waals surface area contributed by atoms with Crippen molar-refractivity contribution in [2.45, 2.75) is 0 Å². The molecule has 0 heterocycles. The summed E-state index contributed by atoms with van der Waals surface area (Å²) in [6, 6.07) is 0. The van der Waals surface area contributed by atoms with Gasteiger partial charge in [-0.15, -0.1) is 0 Å². The summed E-state index contributed by atoms with van der Waals surface area (Å²) >= 11 is 1.48. The largest absolute Gasteiger partial charge is 0.394 e. The predicted octanol–water partition coefficient (Wildman–Crippen LogP) is -1.03. The van der Waals surface area contributed by atoms with Gasteiger partial charge in [0.15, 0.2) is 5.17 Å². The number of thioether (sulfide) groups is 1. The monoisotopic (exact) mass is 231 g/mol. The van der Waals surface area contributed by atoms with Crippen LogP contribution in [-0.2, 0) is 10.4 Å². The average Bonchev–Trinajstić information content (AvgIpc) is 1.97. The third-order valence-corrected chi connectivity index (χ3v) is 1.51. The van der Waals surface area contributed by atoms with E-state index in [1.807, 2.05) is 0 Å². The molecular formula is C4H13N3O4S2. The fraction of sp³-hybridized carbons (Fsp3) is 0.750. The number of rotatable bonds is 2. The van der Waals surface area contributed by atoms with Gasteiger partial charge in [0, 0.05) is 19.3 Å². The Morgan fingerprint density at radius 1 is 1.54 bits per heavy atom. The fourth-order valence-electron chi connectivity index (χ4n) is 0.228. The van der Waals surface area contributed by atoms with Crippen LogP contribution in [0.3, 0.4) is 0 Å². The zero-order chi connectivity index (χ0) is 10.9. The van der Waals surface area contributed by atoms with E-state index in [-0.39, 0.29) is 0 Å². The first kappa shape index (κ1) is 15.1. The summed E-state index contributed by atoms with van der Waals surface area (Å²) in [5.41, 5.74) is 10.5. The van der Waals surface area contributed by atoms with Crippen molar-refractivity contribution >= 4 is 27.3 Å². The highest BCUT2D eigenvalue weighted by molar-refractivity contribution is 8.13. The maximum absolute atomic E-state index is 8.74. The van der Waals surface area contributed by atoms with E-state index in [4.69, 9.17) is 29.0 Å². The fourth-order valence-corrected chi connectivity index (χ4v) is 0.684. The van der Waals surface area contributed by atoms with Gasteiger partial charge in [0.2, 0.25) is 0 Å². The van der Waals surface area contributed by atoms with Gasteiger partial charge in [-0.05, 0) is 0 Å². The van der Waals surface area contributed by atoms with Crippen LogP contribution in [0.5, 0.6) is 0 Å². The highest BCUT2D eigenvalue weighted by Crippen LogP contribution is 1.95. The number of nitrogens with zero attached hydrogens (tertiary/aromatic N) is 1. The van der Waals surface area contributed by atoms with Crippen molar-refractivity contribution < 1.29 is 17.5 Å². The van der Waals surface area contributed by atoms with Crippen molar-refractivity contribution in [2.75, 3.05) is 19.3 Å². The summed E-state index contributed by atoms with van der Waals surface area (Å²) in [6.07, 6.45) is 0. The van der Waals surface area contributed by atoms with Crippen LogP contribution in [0.1, 0.15) is 0 Å². The molecule has 0 amide bonds. The molecule has 0 aliphatic heterocycles. The second-order valence-corrected chi connectivity index (χ2v) is 3.66. The number of nitrogens with two attached hydrogens (primary N) is 2. The van der Waals surface area contributed by atoms with Crippen molar-refractivity contribution in [1.29, 1.82) is 0 Å². The molecule has 0 fully saturated rings. The van der Waals surface area contributed by atoms with Crippen LogP contribution in [0.15, 0.2) is 4.99 Å². The Morgan fingerprint density at radius 2 is 1.92 bits per heavy atom. The Kier molecular flexibility index (Phi) is 9.61. The molecule has 0 bridgehead atoms. The summed E-state index contributed by atoms with van der Waals surface area (Å²) in [7, 11) is -3.00. The zero-order valence-electron chi connectivity index (χ0n) is 7.04. The minimum absolute atomic E-state index is 0.607. The maximum Gasteiger partial charge on any atom is 0.394 e. The number of amidine groups is 1. The van der Waals surface area contributed by atoms with Crippen LogP contribution in [0.25, 0.3) is 0 Å². The highest BCUT2D eigenvalue weighted by Gasteiger charge is 1.86. The molecule has 0 aromatic carbocycles. The normalized spacial score (nSPS) is 11.8. The van der Waals surface area contributed by atoms with E-state index in [2.05, 4.69) is 4.99 Å². The lowest BCUT2D eigenvalue weighted by atomic mass is 10.8. The van der Waals surface area contributed by atoms with Gasteiger partial charge < -0.3 is 11.5 Å². The van der Waals surface area contributed by atoms with E-state index in [9.17, 15) is 0 Å². The first-order valence-corrected chi connectivity index (χ1v) is 5.44.